The summed E-state index contributed by atoms with van der Waals surface area (Å²) in [6.07, 6.45) is 0. The number of benzene rings is 2. The van der Waals surface area contributed by atoms with Crippen LogP contribution in [0.2, 0.25) is 0 Å². The van der Waals surface area contributed by atoms with Crippen molar-refractivity contribution in [3.63, 3.8) is 0 Å². The lowest BCUT2D eigenvalue weighted by atomic mass is 10.3. The third-order valence-corrected chi connectivity index (χ3v) is 4.28. The fourth-order valence-corrected chi connectivity index (χ4v) is 2.60. The van der Waals surface area contributed by atoms with Gasteiger partial charge < -0.3 is 5.32 Å². The first-order valence-corrected chi connectivity index (χ1v) is 8.04. The minimum Gasteiger partial charge on any atom is -0.325 e. The van der Waals surface area contributed by atoms with Crippen LogP contribution in [0, 0.1) is 13.7 Å². The van der Waals surface area contributed by atoms with E-state index < -0.39 is 4.92 Å². The summed E-state index contributed by atoms with van der Waals surface area (Å²) in [7, 11) is 0. The monoisotopic (exact) mass is 414 g/mol. The van der Waals surface area contributed by atoms with E-state index in [1.165, 1.54) is 23.9 Å². The van der Waals surface area contributed by atoms with Crippen LogP contribution in [0.5, 0.6) is 0 Å². The Kier molecular flexibility index (Phi) is 5.57. The molecule has 108 valence electrons. The highest BCUT2D eigenvalue weighted by Gasteiger charge is 2.06. The summed E-state index contributed by atoms with van der Waals surface area (Å²) in [5.41, 5.74) is 0.799. The van der Waals surface area contributed by atoms with Crippen LogP contribution >= 0.6 is 34.4 Å². The Morgan fingerprint density at radius 1 is 1.14 bits per heavy atom. The molecule has 0 aliphatic rings. The molecule has 2 aromatic rings. The van der Waals surface area contributed by atoms with Crippen LogP contribution in [-0.4, -0.2) is 16.6 Å². The molecule has 2 rings (SSSR count). The van der Waals surface area contributed by atoms with Crippen molar-refractivity contribution in [2.24, 2.45) is 0 Å². The molecule has 0 unspecified atom stereocenters. The molecule has 0 aliphatic carbocycles. The third kappa shape index (κ3) is 5.01. The van der Waals surface area contributed by atoms with E-state index in [1.807, 2.05) is 24.3 Å². The van der Waals surface area contributed by atoms with Crippen molar-refractivity contribution in [2.45, 2.75) is 4.90 Å². The Morgan fingerprint density at radius 3 is 2.33 bits per heavy atom. The second kappa shape index (κ2) is 7.41. The average Bonchev–Trinajstić information content (AvgIpc) is 2.48. The summed E-state index contributed by atoms with van der Waals surface area (Å²) in [4.78, 5) is 22.7. The van der Waals surface area contributed by atoms with E-state index in [2.05, 4.69) is 27.9 Å². The van der Waals surface area contributed by atoms with Crippen molar-refractivity contribution in [1.29, 1.82) is 0 Å². The van der Waals surface area contributed by atoms with Crippen LogP contribution in [0.1, 0.15) is 0 Å². The highest BCUT2D eigenvalue weighted by atomic mass is 127. The molecule has 1 amide bonds. The van der Waals surface area contributed by atoms with E-state index in [0.29, 0.717) is 0 Å². The quantitative estimate of drug-likeness (QED) is 0.348. The van der Waals surface area contributed by atoms with Gasteiger partial charge >= 0.3 is 0 Å². The molecule has 0 fully saturated rings. The smallest absolute Gasteiger partial charge is 0.269 e. The summed E-state index contributed by atoms with van der Waals surface area (Å²) in [6, 6.07) is 13.7. The highest BCUT2D eigenvalue weighted by molar-refractivity contribution is 14.1. The molecule has 7 heteroatoms. The molecule has 0 heterocycles. The Bertz CT molecular complexity index is 644. The Morgan fingerprint density at radius 2 is 1.76 bits per heavy atom. The molecule has 0 radical (unpaired) electrons. The minimum absolute atomic E-state index is 0.0442. The molecule has 1 N–H and O–H groups in total. The highest BCUT2D eigenvalue weighted by Crippen LogP contribution is 2.21. The van der Waals surface area contributed by atoms with E-state index in [-0.39, 0.29) is 17.3 Å². The molecule has 0 aromatic heterocycles. The van der Waals surface area contributed by atoms with E-state index in [1.54, 1.807) is 12.1 Å². The SMILES string of the molecule is O=C(CSc1ccc([N+](=O)[O-])cc1)Nc1ccc(I)cc1. The number of nitrogens with one attached hydrogen (secondary N) is 1. The van der Waals surface area contributed by atoms with Gasteiger partial charge in [-0.2, -0.15) is 0 Å². The topological polar surface area (TPSA) is 72.2 Å². The number of rotatable bonds is 5. The lowest BCUT2D eigenvalue weighted by Gasteiger charge is -2.05. The van der Waals surface area contributed by atoms with Gasteiger partial charge in [0.25, 0.3) is 5.69 Å². The van der Waals surface area contributed by atoms with E-state index >= 15 is 0 Å². The first-order valence-electron chi connectivity index (χ1n) is 5.97. The second-order valence-corrected chi connectivity index (χ2v) is 6.39. The zero-order valence-electron chi connectivity index (χ0n) is 10.8. The maximum absolute atomic E-state index is 11.8. The number of halogens is 1. The van der Waals surface area contributed by atoms with Crippen molar-refractivity contribution in [3.05, 3.63) is 62.2 Å². The number of hydrogen-bond acceptors (Lipinski definition) is 4. The number of nitro groups is 1. The standard InChI is InChI=1S/C14H11IN2O3S/c15-10-1-3-11(4-2-10)16-14(18)9-21-13-7-5-12(6-8-13)17(19)20/h1-8H,9H2,(H,16,18). The van der Waals surface area contributed by atoms with Gasteiger partial charge in [-0.15, -0.1) is 11.8 Å². The summed E-state index contributed by atoms with van der Waals surface area (Å²) in [6.45, 7) is 0. The number of carbonyl (C=O) groups excluding carboxylic acids is 1. The number of nitrogens with zero attached hydrogens (tertiary/aromatic N) is 1. The number of hydrogen-bond donors (Lipinski definition) is 1. The first-order chi connectivity index (χ1) is 10.0. The van der Waals surface area contributed by atoms with Crippen LogP contribution in [0.15, 0.2) is 53.4 Å². The van der Waals surface area contributed by atoms with Gasteiger partial charge in [-0.3, -0.25) is 14.9 Å². The predicted molar refractivity (Wildman–Crippen MR) is 91.6 cm³/mol. The van der Waals surface area contributed by atoms with Crippen LogP contribution in [-0.2, 0) is 4.79 Å². The van der Waals surface area contributed by atoms with Crippen LogP contribution < -0.4 is 5.32 Å². The van der Waals surface area contributed by atoms with Crippen molar-refractivity contribution >= 4 is 51.6 Å². The van der Waals surface area contributed by atoms with Crippen molar-refractivity contribution in [1.82, 2.24) is 0 Å². The summed E-state index contributed by atoms with van der Waals surface area (Å²) < 4.78 is 1.10. The Hall–Kier alpha value is -1.61. The third-order valence-electron chi connectivity index (χ3n) is 2.55. The number of amides is 1. The fraction of sp³-hybridized carbons (Fsp3) is 0.0714. The lowest BCUT2D eigenvalue weighted by molar-refractivity contribution is -0.384. The number of non-ortho nitro benzene ring substituents is 1. The number of anilines is 1. The Labute approximate surface area is 139 Å². The molecule has 0 saturated carbocycles. The number of carbonyl (C=O) groups is 1. The van der Waals surface area contributed by atoms with Gasteiger partial charge in [0.2, 0.25) is 5.91 Å². The molecule has 5 nitrogen and oxygen atoms in total. The number of nitro benzene ring substituents is 1. The van der Waals surface area contributed by atoms with Gasteiger partial charge in [0, 0.05) is 26.3 Å². The van der Waals surface area contributed by atoms with Crippen molar-refractivity contribution in [3.8, 4) is 0 Å². The van der Waals surface area contributed by atoms with Gasteiger partial charge in [-0.1, -0.05) is 0 Å². The van der Waals surface area contributed by atoms with E-state index in [0.717, 1.165) is 14.2 Å². The maximum Gasteiger partial charge on any atom is 0.269 e. The van der Waals surface area contributed by atoms with Gasteiger partial charge in [0.1, 0.15) is 0 Å². The van der Waals surface area contributed by atoms with Gasteiger partial charge in [0.15, 0.2) is 0 Å². The largest absolute Gasteiger partial charge is 0.325 e. The van der Waals surface area contributed by atoms with Gasteiger partial charge in [-0.25, -0.2) is 0 Å². The molecule has 21 heavy (non-hydrogen) atoms. The minimum atomic E-state index is -0.446. The second-order valence-electron chi connectivity index (χ2n) is 4.09. The molecular weight excluding hydrogens is 403 g/mol. The lowest BCUT2D eigenvalue weighted by Crippen LogP contribution is -2.13. The van der Waals surface area contributed by atoms with E-state index in [9.17, 15) is 14.9 Å². The predicted octanol–water partition coefficient (Wildman–Crippen LogP) is 3.93. The van der Waals surface area contributed by atoms with Gasteiger partial charge in [-0.05, 0) is 59.0 Å². The summed E-state index contributed by atoms with van der Waals surface area (Å²) in [5.74, 6) is 0.142. The molecule has 0 saturated heterocycles. The van der Waals surface area contributed by atoms with Crippen LogP contribution in [0.3, 0.4) is 0 Å². The van der Waals surface area contributed by atoms with Crippen molar-refractivity contribution in [2.75, 3.05) is 11.1 Å². The average molecular weight is 414 g/mol. The maximum atomic E-state index is 11.8. The molecule has 2 aromatic carbocycles. The van der Waals surface area contributed by atoms with Gasteiger partial charge in [0.05, 0.1) is 10.7 Å². The first kappa shape index (κ1) is 15.8. The molecule has 0 atom stereocenters. The van der Waals surface area contributed by atoms with Crippen LogP contribution in [0.25, 0.3) is 0 Å². The number of thioether (sulfide) groups is 1. The zero-order valence-corrected chi connectivity index (χ0v) is 13.8. The summed E-state index contributed by atoms with van der Waals surface area (Å²) in [5, 5.41) is 13.3. The molecule has 0 aliphatic heterocycles. The molecular formula is C14H11IN2O3S. The van der Waals surface area contributed by atoms with Crippen LogP contribution in [0.4, 0.5) is 11.4 Å². The zero-order chi connectivity index (χ0) is 15.2. The summed E-state index contributed by atoms with van der Waals surface area (Å²) >= 11 is 3.53. The fourth-order valence-electron chi connectivity index (χ4n) is 1.54. The molecule has 0 bridgehead atoms. The Balaban J connectivity index is 1.86. The van der Waals surface area contributed by atoms with E-state index in [4.69, 9.17) is 0 Å². The normalized spacial score (nSPS) is 10.1. The van der Waals surface area contributed by atoms with Crippen molar-refractivity contribution < 1.29 is 9.72 Å². The molecule has 0 spiro atoms.